The molecule has 3 nitrogen and oxygen atoms in total. The minimum atomic E-state index is -0.825. The molecule has 5 rings (SSSR count). The zero-order valence-corrected chi connectivity index (χ0v) is 23.8. The molecule has 1 unspecified atom stereocenters. The van der Waals surface area contributed by atoms with Crippen molar-refractivity contribution >= 4 is 11.8 Å². The molecule has 202 valence electrons. The Morgan fingerprint density at radius 3 is 2.54 bits per heavy atom. The van der Waals surface area contributed by atoms with Gasteiger partial charge in [-0.15, -0.1) is 0 Å². The average Bonchev–Trinajstić information content (AvgIpc) is 3.19. The number of rotatable bonds is 7. The van der Waals surface area contributed by atoms with E-state index in [9.17, 15) is 14.7 Å². The molecular weight excluding hydrogens is 456 g/mol. The van der Waals surface area contributed by atoms with Gasteiger partial charge in [-0.3, -0.25) is 4.79 Å². The van der Waals surface area contributed by atoms with Crippen molar-refractivity contribution in [3.8, 4) is 0 Å². The quantitative estimate of drug-likeness (QED) is 0.403. The minimum absolute atomic E-state index is 0.0400. The number of ketones is 1. The summed E-state index contributed by atoms with van der Waals surface area (Å²) in [6.45, 7) is 11.9. The molecule has 0 aliphatic heterocycles. The number of carboxylic acids is 1. The van der Waals surface area contributed by atoms with Crippen LogP contribution in [0.1, 0.15) is 127 Å². The van der Waals surface area contributed by atoms with Crippen LogP contribution in [-0.4, -0.2) is 16.9 Å². The van der Waals surface area contributed by atoms with Crippen molar-refractivity contribution < 1.29 is 14.7 Å². The minimum Gasteiger partial charge on any atom is -0.478 e. The Bertz CT molecular complexity index is 1080. The van der Waals surface area contributed by atoms with Gasteiger partial charge in [0.05, 0.1) is 5.56 Å². The van der Waals surface area contributed by atoms with E-state index in [2.05, 4.69) is 34.6 Å². The number of fused-ring (bicyclic) bond motifs is 4. The van der Waals surface area contributed by atoms with E-state index in [0.717, 1.165) is 50.0 Å². The van der Waals surface area contributed by atoms with Crippen molar-refractivity contribution in [2.24, 2.45) is 40.4 Å². The maximum absolute atomic E-state index is 14.1. The number of aromatic carboxylic acids is 1. The number of carboxylic acid groups (broad SMARTS) is 1. The second-order valence-electron chi connectivity index (χ2n) is 14.1. The molecule has 3 heteroatoms. The number of hydrogen-bond donors (Lipinski definition) is 1. The van der Waals surface area contributed by atoms with Gasteiger partial charge in [0.15, 0.2) is 5.78 Å². The first-order chi connectivity index (χ1) is 17.6. The summed E-state index contributed by atoms with van der Waals surface area (Å²) < 4.78 is 0. The summed E-state index contributed by atoms with van der Waals surface area (Å²) in [6.07, 6.45) is 12.4. The number of carbonyl (C=O) groups excluding carboxylic acids is 1. The summed E-state index contributed by atoms with van der Waals surface area (Å²) >= 11 is 0. The van der Waals surface area contributed by atoms with E-state index in [-0.39, 0.29) is 16.7 Å². The van der Waals surface area contributed by atoms with E-state index in [1.807, 2.05) is 18.2 Å². The van der Waals surface area contributed by atoms with E-state index in [1.165, 1.54) is 37.7 Å². The number of carbonyl (C=O) groups is 2. The second-order valence-corrected chi connectivity index (χ2v) is 14.1. The van der Waals surface area contributed by atoms with Crippen molar-refractivity contribution in [2.75, 3.05) is 0 Å². The monoisotopic (exact) mass is 504 g/mol. The van der Waals surface area contributed by atoms with Gasteiger partial charge in [0.25, 0.3) is 0 Å². The van der Waals surface area contributed by atoms with Crippen LogP contribution in [0.2, 0.25) is 0 Å². The van der Waals surface area contributed by atoms with Crippen molar-refractivity contribution in [1.29, 1.82) is 0 Å². The predicted molar refractivity (Wildman–Crippen MR) is 150 cm³/mol. The molecule has 0 amide bonds. The van der Waals surface area contributed by atoms with Gasteiger partial charge in [0.1, 0.15) is 0 Å². The van der Waals surface area contributed by atoms with E-state index in [1.54, 1.807) is 11.6 Å². The molecule has 7 atom stereocenters. The van der Waals surface area contributed by atoms with Crippen LogP contribution >= 0.6 is 0 Å². The molecule has 0 aromatic heterocycles. The van der Waals surface area contributed by atoms with Crippen LogP contribution in [-0.2, 0) is 4.79 Å². The van der Waals surface area contributed by atoms with E-state index in [0.29, 0.717) is 35.0 Å². The molecule has 1 aromatic carbocycles. The first-order valence-electron chi connectivity index (χ1n) is 15.1. The zero-order chi connectivity index (χ0) is 26.5. The fourth-order valence-corrected chi connectivity index (χ4v) is 9.67. The first kappa shape index (κ1) is 26.7. The van der Waals surface area contributed by atoms with Gasteiger partial charge < -0.3 is 5.11 Å². The Balaban J connectivity index is 1.38. The highest BCUT2D eigenvalue weighted by Gasteiger charge is 2.58. The third-order valence-corrected chi connectivity index (χ3v) is 11.5. The Labute approximate surface area is 224 Å². The molecule has 0 radical (unpaired) electrons. The molecule has 2 fully saturated rings. The molecule has 1 aromatic rings. The first-order valence-corrected chi connectivity index (χ1v) is 15.1. The average molecular weight is 505 g/mol. The van der Waals surface area contributed by atoms with Crippen molar-refractivity contribution in [3.05, 3.63) is 46.5 Å². The lowest BCUT2D eigenvalue weighted by Gasteiger charge is -2.54. The molecule has 0 heterocycles. The standard InChI is InChI=1S/C34H48O3/c1-21(2)9-8-10-22(3)28-15-16-29-27-14-13-24-19-23(25-11-6-7-12-26(25)32(36)37)17-18-33(24,4)31(27)30(35)20-34(28,29)5/h6-7,11-12,21-24,28-29H,8-10,13-20H2,1-5H3,(H,36,37)/t22-,23+,24+,28-,29?,33+,34-/m1/s1. The van der Waals surface area contributed by atoms with Gasteiger partial charge in [-0.25, -0.2) is 4.79 Å². The molecule has 1 N–H and O–H groups in total. The topological polar surface area (TPSA) is 54.4 Å². The fraction of sp³-hybridized carbons (Fsp3) is 0.706. The molecule has 0 bridgehead atoms. The van der Waals surface area contributed by atoms with Crippen LogP contribution in [0.15, 0.2) is 35.4 Å². The summed E-state index contributed by atoms with van der Waals surface area (Å²) in [7, 11) is 0. The molecular formula is C34H48O3. The zero-order valence-electron chi connectivity index (χ0n) is 23.8. The lowest BCUT2D eigenvalue weighted by molar-refractivity contribution is -0.123. The maximum atomic E-state index is 14.1. The summed E-state index contributed by atoms with van der Waals surface area (Å²) in [5.41, 5.74) is 4.30. The molecule has 0 spiro atoms. The third-order valence-electron chi connectivity index (χ3n) is 11.5. The largest absolute Gasteiger partial charge is 0.478 e. The number of benzene rings is 1. The van der Waals surface area contributed by atoms with Crippen LogP contribution in [0.5, 0.6) is 0 Å². The van der Waals surface area contributed by atoms with E-state index < -0.39 is 5.97 Å². The summed E-state index contributed by atoms with van der Waals surface area (Å²) in [5.74, 6) is 3.08. The van der Waals surface area contributed by atoms with Crippen molar-refractivity contribution in [3.63, 3.8) is 0 Å². The highest BCUT2D eigenvalue weighted by molar-refractivity contribution is 5.99. The van der Waals surface area contributed by atoms with Gasteiger partial charge in [-0.05, 0) is 103 Å². The summed E-state index contributed by atoms with van der Waals surface area (Å²) in [6, 6.07) is 7.57. The van der Waals surface area contributed by atoms with Gasteiger partial charge >= 0.3 is 5.97 Å². The Hall–Kier alpha value is -1.90. The Kier molecular flexibility index (Phi) is 7.22. The van der Waals surface area contributed by atoms with Crippen molar-refractivity contribution in [1.82, 2.24) is 0 Å². The highest BCUT2D eigenvalue weighted by Crippen LogP contribution is 2.66. The normalized spacial score (nSPS) is 36.2. The smallest absolute Gasteiger partial charge is 0.335 e. The van der Waals surface area contributed by atoms with E-state index in [4.69, 9.17) is 0 Å². The summed E-state index contributed by atoms with van der Waals surface area (Å²) in [4.78, 5) is 26.0. The molecule has 37 heavy (non-hydrogen) atoms. The van der Waals surface area contributed by atoms with Gasteiger partial charge in [-0.2, -0.15) is 0 Å². The van der Waals surface area contributed by atoms with Crippen LogP contribution in [0.3, 0.4) is 0 Å². The SMILES string of the molecule is CC(C)CCC[C@@H](C)[C@H]1CCC2C3=C(C(=O)C[C@@]21C)[C@@]1(C)CC[C@H](c2ccccc2C(=O)O)C[C@@H]1CC3. The van der Waals surface area contributed by atoms with Crippen molar-refractivity contribution in [2.45, 2.75) is 111 Å². The Morgan fingerprint density at radius 1 is 1.05 bits per heavy atom. The third kappa shape index (κ3) is 4.53. The fourth-order valence-electron chi connectivity index (χ4n) is 9.67. The van der Waals surface area contributed by atoms with Crippen LogP contribution in [0, 0.1) is 40.4 Å². The molecule has 0 saturated heterocycles. The van der Waals surface area contributed by atoms with Crippen LogP contribution < -0.4 is 0 Å². The Morgan fingerprint density at radius 2 is 1.81 bits per heavy atom. The second kappa shape index (κ2) is 10.0. The maximum Gasteiger partial charge on any atom is 0.335 e. The molecule has 2 saturated carbocycles. The number of allylic oxidation sites excluding steroid dienone is 2. The number of hydrogen-bond acceptors (Lipinski definition) is 2. The van der Waals surface area contributed by atoms with Crippen LogP contribution in [0.4, 0.5) is 0 Å². The summed E-state index contributed by atoms with van der Waals surface area (Å²) in [5, 5.41) is 9.76. The van der Waals surface area contributed by atoms with Gasteiger partial charge in [0.2, 0.25) is 0 Å². The molecule has 4 aliphatic rings. The lowest BCUT2D eigenvalue weighted by Crippen LogP contribution is -2.48. The van der Waals surface area contributed by atoms with Gasteiger partial charge in [-0.1, -0.05) is 77.7 Å². The van der Waals surface area contributed by atoms with Crippen LogP contribution in [0.25, 0.3) is 0 Å². The van der Waals surface area contributed by atoms with Gasteiger partial charge in [0, 0.05) is 12.0 Å². The predicted octanol–water partition coefficient (Wildman–Crippen LogP) is 8.83. The van der Waals surface area contributed by atoms with E-state index >= 15 is 0 Å². The lowest BCUT2D eigenvalue weighted by atomic mass is 9.49. The molecule has 4 aliphatic carbocycles. The number of Topliss-reactive ketones (excluding diaryl/α,β-unsaturated/α-hetero) is 1. The highest BCUT2D eigenvalue weighted by atomic mass is 16.4.